The Balaban J connectivity index is 3.15. The number of hydrogen-bond acceptors (Lipinski definition) is 0. The van der Waals surface area contributed by atoms with E-state index in [2.05, 4.69) is 35.2 Å². The Hall–Kier alpha value is 0.705. The molecule has 1 unspecified atom stereocenters. The maximum absolute atomic E-state index is 3.62. The number of halogens is 1. The maximum atomic E-state index is 3.62. The van der Waals surface area contributed by atoms with Gasteiger partial charge in [-0.1, -0.05) is 39.9 Å². The predicted molar refractivity (Wildman–Crippen MR) is 47.1 cm³/mol. The molecule has 1 radical (unpaired) electrons. The van der Waals surface area contributed by atoms with Gasteiger partial charge in [-0.3, -0.25) is 0 Å². The van der Waals surface area contributed by atoms with Crippen LogP contribution in [0.25, 0.3) is 0 Å². The minimum Gasteiger partial charge on any atom is -0.122 e. The van der Waals surface area contributed by atoms with Gasteiger partial charge < -0.3 is 0 Å². The summed E-state index contributed by atoms with van der Waals surface area (Å²) in [5.74, 6) is 3.73. The van der Waals surface area contributed by atoms with Gasteiger partial charge in [-0.25, -0.2) is 0 Å². The molecule has 0 amide bonds. The van der Waals surface area contributed by atoms with E-state index in [0.29, 0.717) is 0 Å². The molecule has 0 aliphatic heterocycles. The topological polar surface area (TPSA) is 0 Å². The quantitative estimate of drug-likeness (QED) is 0.391. The van der Waals surface area contributed by atoms with Gasteiger partial charge in [0.15, 0.2) is 7.00 Å². The Morgan fingerprint density at radius 2 is 2.14 bits per heavy atom. The summed E-state index contributed by atoms with van der Waals surface area (Å²) < 4.78 is 0. The smallest absolute Gasteiger partial charge is 0.122 e. The van der Waals surface area contributed by atoms with Crippen LogP contribution in [-0.4, -0.2) is 7.00 Å². The number of rotatable bonds is 3. The van der Waals surface area contributed by atoms with Gasteiger partial charge in [-0.05, 0) is 0 Å². The third-order valence-electron chi connectivity index (χ3n) is 0.422. The minimum atomic E-state index is -0.0876. The Bertz CT molecular complexity index is 74.1. The molecule has 0 N–H and O–H groups in total. The highest BCUT2D eigenvalue weighted by Gasteiger charge is 1.91. The van der Waals surface area contributed by atoms with Crippen LogP contribution in [-0.2, 0) is 0 Å². The molecule has 0 aromatic rings. The summed E-state index contributed by atoms with van der Waals surface area (Å²) in [5, 5.41) is 0. The van der Waals surface area contributed by atoms with Crippen LogP contribution in [0.15, 0.2) is 25.0 Å². The van der Waals surface area contributed by atoms with Crippen LogP contribution in [0.4, 0.5) is 0 Å². The van der Waals surface area contributed by atoms with Gasteiger partial charge in [0.25, 0.3) is 0 Å². The lowest BCUT2D eigenvalue weighted by molar-refractivity contribution is 2.59. The van der Waals surface area contributed by atoms with E-state index in [9.17, 15) is 0 Å². The van der Waals surface area contributed by atoms with Crippen molar-refractivity contribution < 1.29 is 0 Å². The van der Waals surface area contributed by atoms with Crippen LogP contribution >= 0.6 is 27.5 Å². The van der Waals surface area contributed by atoms with Crippen molar-refractivity contribution in [1.29, 1.82) is 0 Å². The van der Waals surface area contributed by atoms with E-state index in [1.807, 2.05) is 12.8 Å². The summed E-state index contributed by atoms with van der Waals surface area (Å²) in [5.41, 5.74) is -0.0876. The van der Waals surface area contributed by atoms with E-state index in [0.717, 1.165) is 0 Å². The highest BCUT2D eigenvalue weighted by atomic mass is 127. The van der Waals surface area contributed by atoms with Crippen LogP contribution in [0.2, 0.25) is 0 Å². The van der Waals surface area contributed by atoms with Crippen molar-refractivity contribution in [3.8, 4) is 0 Å². The maximum Gasteiger partial charge on any atom is 0.194 e. The summed E-state index contributed by atoms with van der Waals surface area (Å²) in [6.45, 7) is 9.22. The average molecular weight is 223 g/mol. The van der Waals surface area contributed by atoms with Gasteiger partial charge in [0, 0.05) is 0 Å². The fourth-order valence-corrected chi connectivity index (χ4v) is 1.17. The van der Waals surface area contributed by atoms with E-state index in [1.165, 1.54) is 0 Å². The van der Waals surface area contributed by atoms with Crippen molar-refractivity contribution in [2.75, 3.05) is 0 Å². The second-order valence-corrected chi connectivity index (χ2v) is 5.61. The van der Waals surface area contributed by atoms with Crippen molar-refractivity contribution in [2.45, 2.75) is 0 Å². The summed E-state index contributed by atoms with van der Waals surface area (Å²) in [6, 6.07) is 0. The first-order valence-electron chi connectivity index (χ1n) is 1.84. The zero-order chi connectivity index (χ0) is 5.70. The lowest BCUT2D eigenvalue weighted by Gasteiger charge is -1.92. The Kier molecular flexibility index (Phi) is 5.34. The molecule has 37 valence electrons. The van der Waals surface area contributed by atoms with E-state index in [4.69, 9.17) is 0 Å². The Morgan fingerprint density at radius 1 is 1.57 bits per heavy atom. The van der Waals surface area contributed by atoms with Gasteiger partial charge in [0.05, 0.1) is 0 Å². The fourth-order valence-electron chi connectivity index (χ4n) is 0.162. The molecule has 0 aromatic carbocycles. The Labute approximate surface area is 59.5 Å². The molecule has 0 saturated carbocycles. The van der Waals surface area contributed by atoms with E-state index in [1.54, 1.807) is 5.98 Å². The standard InChI is InChI=1S/C4H6BIP/c1-3-5-7(6)4-2/h3-4H,1-2H2. The lowest BCUT2D eigenvalue weighted by Crippen LogP contribution is -1.68. The van der Waals surface area contributed by atoms with E-state index < -0.39 is 0 Å². The first-order valence-corrected chi connectivity index (χ1v) is 6.10. The van der Waals surface area contributed by atoms with Crippen LogP contribution in [0.5, 0.6) is 0 Å². The van der Waals surface area contributed by atoms with Crippen molar-refractivity contribution in [1.82, 2.24) is 0 Å². The molecule has 0 heterocycles. The SMILES string of the molecule is C=C[B]P(I)C=C. The normalized spacial score (nSPS) is 12.1. The average Bonchev–Trinajstić information content (AvgIpc) is 1.68. The zero-order valence-electron chi connectivity index (χ0n) is 3.97. The van der Waals surface area contributed by atoms with E-state index >= 15 is 0 Å². The van der Waals surface area contributed by atoms with Gasteiger partial charge in [-0.2, -0.15) is 0 Å². The minimum absolute atomic E-state index is 0.0876. The fraction of sp³-hybridized carbons (Fsp3) is 0. The highest BCUT2D eigenvalue weighted by Crippen LogP contribution is 2.43. The van der Waals surface area contributed by atoms with Gasteiger partial charge in [0.2, 0.25) is 0 Å². The van der Waals surface area contributed by atoms with E-state index in [-0.39, 0.29) is 5.44 Å². The molecule has 0 saturated heterocycles. The van der Waals surface area contributed by atoms with Gasteiger partial charge in [0.1, 0.15) is 0 Å². The third kappa shape index (κ3) is 4.56. The molecular weight excluding hydrogens is 217 g/mol. The summed E-state index contributed by atoms with van der Waals surface area (Å²) >= 11 is 2.33. The van der Waals surface area contributed by atoms with Crippen molar-refractivity contribution in [2.24, 2.45) is 0 Å². The van der Waals surface area contributed by atoms with Crippen molar-refractivity contribution >= 4 is 34.5 Å². The second-order valence-electron chi connectivity index (χ2n) is 0.912. The highest BCUT2D eigenvalue weighted by molar-refractivity contribution is 14.2. The summed E-state index contributed by atoms with van der Waals surface area (Å²) in [7, 11) is 0. The number of hydrogen-bond donors (Lipinski definition) is 0. The summed E-state index contributed by atoms with van der Waals surface area (Å²) in [4.78, 5) is 0. The third-order valence-corrected chi connectivity index (χ3v) is 3.41. The van der Waals surface area contributed by atoms with Crippen LogP contribution in [0.1, 0.15) is 0 Å². The van der Waals surface area contributed by atoms with Crippen molar-refractivity contribution in [3.63, 3.8) is 0 Å². The largest absolute Gasteiger partial charge is 0.194 e. The molecule has 0 bridgehead atoms. The first kappa shape index (κ1) is 7.70. The zero-order valence-corrected chi connectivity index (χ0v) is 7.02. The molecule has 0 aliphatic carbocycles. The Morgan fingerprint density at radius 3 is 2.29 bits per heavy atom. The molecule has 3 heteroatoms. The lowest BCUT2D eigenvalue weighted by atomic mass is 10.1. The second kappa shape index (κ2) is 4.85. The molecule has 0 fully saturated rings. The molecule has 7 heavy (non-hydrogen) atoms. The van der Waals surface area contributed by atoms with Crippen LogP contribution < -0.4 is 0 Å². The van der Waals surface area contributed by atoms with Crippen LogP contribution in [0.3, 0.4) is 0 Å². The van der Waals surface area contributed by atoms with Crippen LogP contribution in [0, 0.1) is 0 Å². The van der Waals surface area contributed by atoms with Crippen molar-refractivity contribution in [3.05, 3.63) is 25.0 Å². The molecule has 0 aliphatic rings. The predicted octanol–water partition coefficient (Wildman–Crippen LogP) is 2.72. The van der Waals surface area contributed by atoms with Gasteiger partial charge >= 0.3 is 0 Å². The molecule has 0 aromatic heterocycles. The molecule has 1 atom stereocenters. The monoisotopic (exact) mass is 223 g/mol. The molecule has 0 rings (SSSR count). The first-order chi connectivity index (χ1) is 3.31. The molecule has 0 spiro atoms. The molecular formula is C4H6BIP. The molecule has 0 nitrogen and oxygen atoms in total. The summed E-state index contributed by atoms with van der Waals surface area (Å²) in [6.07, 6.45) is 0. The van der Waals surface area contributed by atoms with Gasteiger partial charge in [-0.15, -0.1) is 12.6 Å².